The molecule has 0 spiro atoms. The van der Waals surface area contributed by atoms with Gasteiger partial charge in [-0.3, -0.25) is 24.0 Å². The highest BCUT2D eigenvalue weighted by Crippen LogP contribution is 2.29. The highest BCUT2D eigenvalue weighted by Gasteiger charge is 2.50. The fourth-order valence-corrected chi connectivity index (χ4v) is 6.79. The van der Waals surface area contributed by atoms with Crippen LogP contribution in [0.5, 0.6) is 0 Å². The van der Waals surface area contributed by atoms with E-state index >= 15 is 0 Å². The molecule has 2 saturated heterocycles. The van der Waals surface area contributed by atoms with Gasteiger partial charge in [-0.25, -0.2) is 0 Å². The van der Waals surface area contributed by atoms with Crippen molar-refractivity contribution in [1.82, 2.24) is 31.1 Å². The molecule has 2 aromatic carbocycles. The standard InChI is InChI=1S/C43H62N6O6/c1-29(2)24-35(39(51)43(6)28-55-43)45-42(54)37(27-33-16-12-9-13-17-33)47-41(53)36(25-30(3)4)46-40(52)34(19-18-32-14-10-8-11-15-32)44-38(50)26-31(5)49-22-20-48(7)21-23-49/h8-17,29-30,34-37H,5,18-28H2,1-4,6-7H3,(H,44,50)(H,45,54)(H,46,52)(H,47,53)/t34-,35-,36-,37-,43+/m0/s1. The summed E-state index contributed by atoms with van der Waals surface area (Å²) in [6.45, 7) is 17.3. The summed E-state index contributed by atoms with van der Waals surface area (Å²) in [7, 11) is 2.06. The molecule has 0 aliphatic carbocycles. The number of ether oxygens (including phenoxy) is 1. The lowest BCUT2D eigenvalue weighted by Gasteiger charge is -2.35. The molecule has 2 heterocycles. The highest BCUT2D eigenvalue weighted by atomic mass is 16.6. The van der Waals surface area contributed by atoms with Gasteiger partial charge in [-0.2, -0.15) is 0 Å². The number of aryl methyl sites for hydroxylation is 1. The molecule has 0 unspecified atom stereocenters. The molecule has 4 rings (SSSR count). The van der Waals surface area contributed by atoms with Crippen LogP contribution in [0.3, 0.4) is 0 Å². The number of epoxide rings is 1. The number of carbonyl (C=O) groups excluding carboxylic acids is 5. The second-order valence-electron chi connectivity index (χ2n) is 16.2. The Hall–Kier alpha value is -4.55. The van der Waals surface area contributed by atoms with Crippen LogP contribution in [-0.2, 0) is 41.6 Å². The lowest BCUT2D eigenvalue weighted by molar-refractivity contribution is -0.135. The zero-order chi connectivity index (χ0) is 40.1. The largest absolute Gasteiger partial charge is 0.372 e. The molecule has 12 nitrogen and oxygen atoms in total. The summed E-state index contributed by atoms with van der Waals surface area (Å²) >= 11 is 0. The van der Waals surface area contributed by atoms with Crippen molar-refractivity contribution in [3.8, 4) is 0 Å². The maximum Gasteiger partial charge on any atom is 0.243 e. The summed E-state index contributed by atoms with van der Waals surface area (Å²) in [5.74, 6) is -1.90. The maximum atomic E-state index is 14.2. The molecule has 55 heavy (non-hydrogen) atoms. The Morgan fingerprint density at radius 3 is 1.76 bits per heavy atom. The van der Waals surface area contributed by atoms with E-state index in [1.165, 1.54) is 0 Å². The fourth-order valence-electron chi connectivity index (χ4n) is 6.79. The van der Waals surface area contributed by atoms with E-state index in [1.54, 1.807) is 6.92 Å². The van der Waals surface area contributed by atoms with E-state index in [2.05, 4.69) is 44.7 Å². The van der Waals surface area contributed by atoms with Crippen LogP contribution in [0.15, 0.2) is 72.9 Å². The lowest BCUT2D eigenvalue weighted by atomic mass is 9.93. The normalized spacial score (nSPS) is 19.2. The van der Waals surface area contributed by atoms with Gasteiger partial charge in [0.05, 0.1) is 19.1 Å². The van der Waals surface area contributed by atoms with E-state index in [1.807, 2.05) is 88.4 Å². The van der Waals surface area contributed by atoms with Crippen molar-refractivity contribution in [2.45, 2.75) is 103 Å². The minimum Gasteiger partial charge on any atom is -0.372 e. The van der Waals surface area contributed by atoms with E-state index < -0.39 is 47.5 Å². The van der Waals surface area contributed by atoms with Crippen LogP contribution in [0.25, 0.3) is 0 Å². The second-order valence-corrected chi connectivity index (χ2v) is 16.2. The topological polar surface area (TPSA) is 152 Å². The molecule has 300 valence electrons. The van der Waals surface area contributed by atoms with Crippen LogP contribution in [-0.4, -0.2) is 109 Å². The molecule has 2 aromatic rings. The average molecular weight is 759 g/mol. The van der Waals surface area contributed by atoms with Crippen molar-refractivity contribution in [3.05, 3.63) is 84.1 Å². The summed E-state index contributed by atoms with van der Waals surface area (Å²) in [5.41, 5.74) is 1.60. The molecule has 0 bridgehead atoms. The Bertz CT molecular complexity index is 1600. The number of carbonyl (C=O) groups is 5. The van der Waals surface area contributed by atoms with E-state index in [-0.39, 0.29) is 36.4 Å². The fraction of sp³-hybridized carbons (Fsp3) is 0.558. The van der Waals surface area contributed by atoms with Crippen molar-refractivity contribution in [2.24, 2.45) is 11.8 Å². The first-order valence-corrected chi connectivity index (χ1v) is 19.7. The third-order valence-electron chi connectivity index (χ3n) is 10.2. The first-order valence-electron chi connectivity index (χ1n) is 19.7. The number of benzene rings is 2. The monoisotopic (exact) mass is 758 g/mol. The summed E-state index contributed by atoms with van der Waals surface area (Å²) in [4.78, 5) is 73.3. The van der Waals surface area contributed by atoms with Gasteiger partial charge in [0.2, 0.25) is 23.6 Å². The molecule has 4 amide bonds. The Labute approximate surface area is 327 Å². The first-order chi connectivity index (χ1) is 26.1. The predicted molar refractivity (Wildman–Crippen MR) is 214 cm³/mol. The molecular weight excluding hydrogens is 697 g/mol. The molecule has 4 N–H and O–H groups in total. The van der Waals surface area contributed by atoms with Crippen LogP contribution in [0.2, 0.25) is 0 Å². The molecule has 2 fully saturated rings. The summed E-state index contributed by atoms with van der Waals surface area (Å²) < 4.78 is 5.42. The maximum absolute atomic E-state index is 14.2. The highest BCUT2D eigenvalue weighted by molar-refractivity contribution is 5.98. The minimum absolute atomic E-state index is 0.00838. The van der Waals surface area contributed by atoms with Crippen LogP contribution in [0, 0.1) is 11.8 Å². The number of likely N-dealkylation sites (N-methyl/N-ethyl adjacent to an activating group) is 1. The number of amides is 4. The van der Waals surface area contributed by atoms with Gasteiger partial charge in [0, 0.05) is 38.3 Å². The number of hydrogen-bond donors (Lipinski definition) is 4. The van der Waals surface area contributed by atoms with Crippen LogP contribution < -0.4 is 21.3 Å². The van der Waals surface area contributed by atoms with Crippen molar-refractivity contribution in [1.29, 1.82) is 0 Å². The third kappa shape index (κ3) is 13.9. The quantitative estimate of drug-likeness (QED) is 0.142. The van der Waals surface area contributed by atoms with Gasteiger partial charge >= 0.3 is 0 Å². The smallest absolute Gasteiger partial charge is 0.243 e. The second kappa shape index (κ2) is 20.4. The third-order valence-corrected chi connectivity index (χ3v) is 10.2. The number of ketones is 1. The zero-order valence-electron chi connectivity index (χ0n) is 33.6. The number of nitrogens with zero attached hydrogens (tertiary/aromatic N) is 2. The van der Waals surface area contributed by atoms with E-state index in [9.17, 15) is 24.0 Å². The lowest BCUT2D eigenvalue weighted by Crippen LogP contribution is -2.59. The van der Waals surface area contributed by atoms with E-state index in [0.717, 1.165) is 37.3 Å². The zero-order valence-corrected chi connectivity index (χ0v) is 33.6. The number of nitrogens with one attached hydrogen (secondary N) is 4. The Morgan fingerprint density at radius 1 is 0.709 bits per heavy atom. The van der Waals surface area contributed by atoms with Gasteiger partial charge in [-0.15, -0.1) is 0 Å². The number of hydrogen-bond acceptors (Lipinski definition) is 8. The summed E-state index contributed by atoms with van der Waals surface area (Å²) in [6, 6.07) is 15.3. The minimum atomic E-state index is -1.04. The van der Waals surface area contributed by atoms with Crippen molar-refractivity contribution in [3.63, 3.8) is 0 Å². The van der Waals surface area contributed by atoms with Gasteiger partial charge in [-0.1, -0.05) is 94.9 Å². The van der Waals surface area contributed by atoms with Crippen LogP contribution in [0.4, 0.5) is 0 Å². The van der Waals surface area contributed by atoms with Gasteiger partial charge in [-0.05, 0) is 62.6 Å². The van der Waals surface area contributed by atoms with Gasteiger partial charge in [0.1, 0.15) is 23.7 Å². The Balaban J connectivity index is 1.51. The average Bonchev–Trinajstić information content (AvgIpc) is 3.90. The molecule has 2 aliphatic heterocycles. The Morgan fingerprint density at radius 2 is 1.20 bits per heavy atom. The van der Waals surface area contributed by atoms with Gasteiger partial charge in [0.25, 0.3) is 0 Å². The number of piperazine rings is 1. The van der Waals surface area contributed by atoms with Gasteiger partial charge in [0.15, 0.2) is 5.78 Å². The van der Waals surface area contributed by atoms with Crippen LogP contribution in [0.1, 0.15) is 71.4 Å². The van der Waals surface area contributed by atoms with Crippen molar-refractivity contribution >= 4 is 29.4 Å². The first kappa shape index (κ1) is 43.2. The molecular formula is C43H62N6O6. The molecule has 0 aromatic heterocycles. The molecule has 12 heteroatoms. The molecule has 0 saturated carbocycles. The summed E-state index contributed by atoms with van der Waals surface area (Å²) in [6.07, 6.45) is 1.77. The predicted octanol–water partition coefficient (Wildman–Crippen LogP) is 3.40. The van der Waals surface area contributed by atoms with Gasteiger partial charge < -0.3 is 35.8 Å². The van der Waals surface area contributed by atoms with E-state index in [0.29, 0.717) is 38.0 Å². The molecule has 2 aliphatic rings. The van der Waals surface area contributed by atoms with Crippen molar-refractivity contribution in [2.75, 3.05) is 39.8 Å². The SMILES string of the molecule is C=C(CC(=O)N[C@@H](CCc1ccccc1)C(=O)N[C@@H](CC(C)C)C(=O)N[C@@H](Cc1ccccc1)C(=O)N[C@@H](CC(C)C)C(=O)[C@@]1(C)CO1)N1CCN(C)CC1. The number of Topliss-reactive ketones (excluding diaryl/α,β-unsaturated/α-hetero) is 1. The number of rotatable bonds is 21. The van der Waals surface area contributed by atoms with Crippen molar-refractivity contribution < 1.29 is 28.7 Å². The molecule has 5 atom stereocenters. The summed E-state index contributed by atoms with van der Waals surface area (Å²) in [5, 5.41) is 11.7. The molecule has 0 radical (unpaired) electrons. The Kier molecular flexibility index (Phi) is 16.0. The van der Waals surface area contributed by atoms with E-state index in [4.69, 9.17) is 4.74 Å². The van der Waals surface area contributed by atoms with Crippen LogP contribution >= 0.6 is 0 Å².